The van der Waals surface area contributed by atoms with Crippen molar-refractivity contribution >= 4 is 22.5 Å². The largest absolute Gasteiger partial charge is 0.433 e. The molecule has 0 saturated carbocycles. The molecule has 0 amide bonds. The monoisotopic (exact) mass is 281 g/mol. The van der Waals surface area contributed by atoms with Crippen molar-refractivity contribution in [1.82, 2.24) is 4.98 Å². The van der Waals surface area contributed by atoms with Crippen LogP contribution in [0.25, 0.3) is 10.9 Å². The van der Waals surface area contributed by atoms with Crippen molar-refractivity contribution in [2.75, 3.05) is 0 Å². The number of rotatable bonds is 0. The molecule has 96 valence electrons. The molecule has 1 nitrogen and oxygen atoms in total. The zero-order valence-corrected chi connectivity index (χ0v) is 9.63. The Hall–Kier alpha value is -1.43. The fourth-order valence-electron chi connectivity index (χ4n) is 1.62. The second kappa shape index (κ2) is 4.05. The van der Waals surface area contributed by atoms with Crippen LogP contribution < -0.4 is 0 Å². The maximum absolute atomic E-state index is 13.5. The first-order chi connectivity index (χ1) is 8.23. The van der Waals surface area contributed by atoms with Crippen molar-refractivity contribution in [2.45, 2.75) is 13.1 Å². The third-order valence-electron chi connectivity index (χ3n) is 2.47. The Morgan fingerprint density at radius 1 is 1.11 bits per heavy atom. The van der Waals surface area contributed by atoms with Gasteiger partial charge < -0.3 is 0 Å². The highest BCUT2D eigenvalue weighted by atomic mass is 35.5. The van der Waals surface area contributed by atoms with Gasteiger partial charge in [-0.15, -0.1) is 0 Å². The predicted molar refractivity (Wildman–Crippen MR) is 56.4 cm³/mol. The SMILES string of the molecule is Cc1c(C(F)(F)F)nc2c(F)ccc(F)c2c1Cl. The first-order valence-electron chi connectivity index (χ1n) is 4.74. The van der Waals surface area contributed by atoms with Crippen molar-refractivity contribution in [3.05, 3.63) is 40.0 Å². The number of nitrogens with zero attached hydrogens (tertiary/aromatic N) is 1. The number of pyridine rings is 1. The predicted octanol–water partition coefficient (Wildman–Crippen LogP) is 4.49. The second-order valence-corrected chi connectivity index (χ2v) is 4.03. The first-order valence-corrected chi connectivity index (χ1v) is 5.12. The Bertz CT molecular complexity index is 636. The van der Waals surface area contributed by atoms with E-state index < -0.39 is 45.0 Å². The molecule has 2 rings (SSSR count). The molecule has 1 aromatic carbocycles. The van der Waals surface area contributed by atoms with E-state index >= 15 is 0 Å². The van der Waals surface area contributed by atoms with E-state index in [-0.39, 0.29) is 0 Å². The third kappa shape index (κ3) is 1.90. The van der Waals surface area contributed by atoms with E-state index in [1.165, 1.54) is 0 Å². The lowest BCUT2D eigenvalue weighted by Gasteiger charge is -2.13. The molecule has 18 heavy (non-hydrogen) atoms. The quantitative estimate of drug-likeness (QED) is 0.648. The number of fused-ring (bicyclic) bond motifs is 1. The summed E-state index contributed by atoms with van der Waals surface area (Å²) in [7, 11) is 0. The van der Waals surface area contributed by atoms with E-state index in [1.807, 2.05) is 0 Å². The maximum atomic E-state index is 13.5. The Morgan fingerprint density at radius 3 is 2.22 bits per heavy atom. The molecule has 0 radical (unpaired) electrons. The molecule has 0 atom stereocenters. The highest BCUT2D eigenvalue weighted by Gasteiger charge is 2.36. The molecule has 2 aromatic rings. The molecule has 0 spiro atoms. The van der Waals surface area contributed by atoms with Crippen molar-refractivity contribution < 1.29 is 22.0 Å². The van der Waals surface area contributed by atoms with Gasteiger partial charge in [0.25, 0.3) is 0 Å². The van der Waals surface area contributed by atoms with E-state index in [0.717, 1.165) is 13.0 Å². The summed E-state index contributed by atoms with van der Waals surface area (Å²) < 4.78 is 64.8. The normalized spacial score (nSPS) is 12.2. The van der Waals surface area contributed by atoms with Gasteiger partial charge in [0.2, 0.25) is 0 Å². The highest BCUT2D eigenvalue weighted by Crippen LogP contribution is 2.37. The highest BCUT2D eigenvalue weighted by molar-refractivity contribution is 6.36. The summed E-state index contributed by atoms with van der Waals surface area (Å²) >= 11 is 5.67. The van der Waals surface area contributed by atoms with E-state index in [4.69, 9.17) is 11.6 Å². The van der Waals surface area contributed by atoms with E-state index in [2.05, 4.69) is 4.98 Å². The van der Waals surface area contributed by atoms with Gasteiger partial charge in [-0.3, -0.25) is 0 Å². The van der Waals surface area contributed by atoms with Crippen LogP contribution in [0.1, 0.15) is 11.3 Å². The van der Waals surface area contributed by atoms with E-state index in [0.29, 0.717) is 6.07 Å². The summed E-state index contributed by atoms with van der Waals surface area (Å²) in [5.74, 6) is -1.97. The van der Waals surface area contributed by atoms with Crippen molar-refractivity contribution in [3.63, 3.8) is 0 Å². The van der Waals surface area contributed by atoms with Crippen LogP contribution in [-0.4, -0.2) is 4.98 Å². The Labute approximate surface area is 103 Å². The van der Waals surface area contributed by atoms with Crippen LogP contribution in [0.3, 0.4) is 0 Å². The summed E-state index contributed by atoms with van der Waals surface area (Å²) in [4.78, 5) is 3.14. The van der Waals surface area contributed by atoms with Gasteiger partial charge >= 0.3 is 6.18 Å². The van der Waals surface area contributed by atoms with Gasteiger partial charge in [0.05, 0.1) is 10.4 Å². The molecule has 1 heterocycles. The average Bonchev–Trinajstić information content (AvgIpc) is 2.26. The molecule has 0 aliphatic heterocycles. The second-order valence-electron chi connectivity index (χ2n) is 3.65. The average molecular weight is 282 g/mol. The van der Waals surface area contributed by atoms with Crippen molar-refractivity contribution in [3.8, 4) is 0 Å². The minimum Gasteiger partial charge on any atom is -0.240 e. The smallest absolute Gasteiger partial charge is 0.240 e. The molecule has 0 saturated heterocycles. The zero-order chi connectivity index (χ0) is 13.7. The van der Waals surface area contributed by atoms with Gasteiger partial charge in [-0.2, -0.15) is 13.2 Å². The molecule has 0 fully saturated rings. The Kier molecular flexibility index (Phi) is 2.93. The minimum atomic E-state index is -4.78. The van der Waals surface area contributed by atoms with Crippen LogP contribution >= 0.6 is 11.6 Å². The van der Waals surface area contributed by atoms with Crippen LogP contribution in [0.5, 0.6) is 0 Å². The van der Waals surface area contributed by atoms with Gasteiger partial charge in [0.1, 0.15) is 22.8 Å². The topological polar surface area (TPSA) is 12.9 Å². The summed E-state index contributed by atoms with van der Waals surface area (Å²) in [5, 5.41) is -0.925. The zero-order valence-electron chi connectivity index (χ0n) is 8.87. The van der Waals surface area contributed by atoms with Gasteiger partial charge in [0, 0.05) is 0 Å². The number of hydrogen-bond donors (Lipinski definition) is 0. The fourth-order valence-corrected chi connectivity index (χ4v) is 1.89. The van der Waals surface area contributed by atoms with Gasteiger partial charge in [-0.05, 0) is 24.6 Å². The van der Waals surface area contributed by atoms with Crippen LogP contribution in [0.2, 0.25) is 5.02 Å². The van der Waals surface area contributed by atoms with Crippen molar-refractivity contribution in [1.29, 1.82) is 0 Å². The summed E-state index contributed by atoms with van der Waals surface area (Å²) in [6.07, 6.45) is -4.78. The molecular weight excluding hydrogens is 277 g/mol. The van der Waals surface area contributed by atoms with Gasteiger partial charge in [-0.25, -0.2) is 13.8 Å². The van der Waals surface area contributed by atoms with Crippen LogP contribution in [0.4, 0.5) is 22.0 Å². The fraction of sp³-hybridized carbons (Fsp3) is 0.182. The number of aromatic nitrogens is 1. The van der Waals surface area contributed by atoms with Crippen LogP contribution in [0.15, 0.2) is 12.1 Å². The third-order valence-corrected chi connectivity index (χ3v) is 2.95. The Balaban J connectivity index is 2.97. The molecule has 0 N–H and O–H groups in total. The lowest BCUT2D eigenvalue weighted by molar-refractivity contribution is -0.141. The summed E-state index contributed by atoms with van der Waals surface area (Å²) in [5.41, 5.74) is -2.47. The van der Waals surface area contributed by atoms with Gasteiger partial charge in [-0.1, -0.05) is 11.6 Å². The molecule has 0 bridgehead atoms. The number of alkyl halides is 3. The molecule has 1 aromatic heterocycles. The molecule has 7 heteroatoms. The van der Waals surface area contributed by atoms with Gasteiger partial charge in [0.15, 0.2) is 0 Å². The van der Waals surface area contributed by atoms with E-state index in [9.17, 15) is 22.0 Å². The molecule has 0 aliphatic rings. The summed E-state index contributed by atoms with van der Waals surface area (Å²) in [6.45, 7) is 1.06. The summed E-state index contributed by atoms with van der Waals surface area (Å²) in [6, 6.07) is 1.49. The van der Waals surface area contributed by atoms with Crippen LogP contribution in [0, 0.1) is 18.6 Å². The lowest BCUT2D eigenvalue weighted by atomic mass is 10.1. The van der Waals surface area contributed by atoms with Crippen LogP contribution in [-0.2, 0) is 6.18 Å². The maximum Gasteiger partial charge on any atom is 0.433 e. The Morgan fingerprint density at radius 2 is 1.67 bits per heavy atom. The standard InChI is InChI=1S/C11H5ClF5N/c1-4-8(12)7-5(13)2-3-6(14)9(7)18-10(4)11(15,16)17/h2-3H,1H3. The first kappa shape index (κ1) is 13.0. The van der Waals surface area contributed by atoms with Crippen molar-refractivity contribution in [2.24, 2.45) is 0 Å². The molecule has 0 unspecified atom stereocenters. The molecular formula is C11H5ClF5N. The lowest BCUT2D eigenvalue weighted by Crippen LogP contribution is -2.12. The number of hydrogen-bond acceptors (Lipinski definition) is 1. The molecule has 0 aliphatic carbocycles. The minimum absolute atomic E-state index is 0.429. The number of benzene rings is 1. The van der Waals surface area contributed by atoms with E-state index in [1.54, 1.807) is 0 Å². The number of halogens is 6.